The summed E-state index contributed by atoms with van der Waals surface area (Å²) in [6, 6.07) is 5.97. The molecule has 2 aromatic rings. The minimum atomic E-state index is -0.773. The lowest BCUT2D eigenvalue weighted by Crippen LogP contribution is -2.25. The molecule has 0 bridgehead atoms. The van der Waals surface area contributed by atoms with Crippen molar-refractivity contribution in [2.24, 2.45) is 5.92 Å². The number of carboxylic acid groups (broad SMARTS) is 1. The van der Waals surface area contributed by atoms with Gasteiger partial charge in [0, 0.05) is 12.5 Å². The van der Waals surface area contributed by atoms with Crippen LogP contribution in [0, 0.1) is 5.92 Å². The van der Waals surface area contributed by atoms with Crippen molar-refractivity contribution in [2.45, 2.75) is 19.4 Å². The summed E-state index contributed by atoms with van der Waals surface area (Å²) in [5.74, 6) is -0.752. The molecule has 0 radical (unpaired) electrons. The topological polar surface area (TPSA) is 78.0 Å². The predicted octanol–water partition coefficient (Wildman–Crippen LogP) is 1.93. The molecule has 0 aliphatic rings. The number of hydrogen-bond acceptors (Lipinski definition) is 3. The highest BCUT2D eigenvalue weighted by Crippen LogP contribution is 2.26. The first kappa shape index (κ1) is 12.6. The number of fused-ring (bicyclic) bond motifs is 1. The van der Waals surface area contributed by atoms with Gasteiger partial charge in [0.2, 0.25) is 0 Å². The number of aliphatic carboxylic acids is 1. The van der Waals surface area contributed by atoms with E-state index < -0.39 is 5.97 Å². The van der Waals surface area contributed by atoms with Gasteiger partial charge in [-0.05, 0) is 30.7 Å². The standard InChI is InChI=1S/C13H17N3O2/c1-8(5-12(17)18)13(14-2)9-3-4-10-11(6-9)16-7-15-10/h3-4,6-8,13-14H,5H2,1-2H3,(H,15,16)(H,17,18). The minimum absolute atomic E-state index is 0.0212. The van der Waals surface area contributed by atoms with Gasteiger partial charge in [-0.25, -0.2) is 4.98 Å². The molecule has 2 atom stereocenters. The average Bonchev–Trinajstić information content (AvgIpc) is 2.76. The van der Waals surface area contributed by atoms with Gasteiger partial charge in [-0.2, -0.15) is 0 Å². The van der Waals surface area contributed by atoms with Gasteiger partial charge in [-0.1, -0.05) is 13.0 Å². The molecule has 0 fully saturated rings. The van der Waals surface area contributed by atoms with Crippen LogP contribution in [0.4, 0.5) is 0 Å². The minimum Gasteiger partial charge on any atom is -0.481 e. The Labute approximate surface area is 105 Å². The molecule has 0 saturated heterocycles. The zero-order valence-electron chi connectivity index (χ0n) is 10.5. The van der Waals surface area contributed by atoms with Crippen LogP contribution in [0.5, 0.6) is 0 Å². The maximum Gasteiger partial charge on any atom is 0.303 e. The Kier molecular flexibility index (Phi) is 3.62. The van der Waals surface area contributed by atoms with Crippen LogP contribution in [-0.4, -0.2) is 28.1 Å². The van der Waals surface area contributed by atoms with Crippen molar-refractivity contribution >= 4 is 17.0 Å². The van der Waals surface area contributed by atoms with Gasteiger partial charge >= 0.3 is 5.97 Å². The van der Waals surface area contributed by atoms with Gasteiger partial charge in [-0.3, -0.25) is 4.79 Å². The van der Waals surface area contributed by atoms with Crippen LogP contribution in [0.2, 0.25) is 0 Å². The Hall–Kier alpha value is -1.88. The number of imidazole rings is 1. The molecule has 5 heteroatoms. The van der Waals surface area contributed by atoms with E-state index in [-0.39, 0.29) is 18.4 Å². The van der Waals surface area contributed by atoms with Crippen molar-refractivity contribution in [2.75, 3.05) is 7.05 Å². The molecule has 0 aliphatic carbocycles. The fourth-order valence-electron chi connectivity index (χ4n) is 2.32. The second kappa shape index (κ2) is 5.18. The molecule has 96 valence electrons. The number of hydrogen-bond donors (Lipinski definition) is 3. The van der Waals surface area contributed by atoms with E-state index in [9.17, 15) is 4.79 Å². The third kappa shape index (κ3) is 2.51. The van der Waals surface area contributed by atoms with Crippen LogP contribution in [0.15, 0.2) is 24.5 Å². The molecule has 0 spiro atoms. The summed E-state index contributed by atoms with van der Waals surface area (Å²) in [6.45, 7) is 1.94. The molecule has 0 amide bonds. The third-order valence-corrected chi connectivity index (χ3v) is 3.18. The van der Waals surface area contributed by atoms with Gasteiger partial charge in [-0.15, -0.1) is 0 Å². The number of rotatable bonds is 5. The molecule has 0 saturated carbocycles. The summed E-state index contributed by atoms with van der Waals surface area (Å²) in [7, 11) is 1.85. The number of aromatic amines is 1. The summed E-state index contributed by atoms with van der Waals surface area (Å²) in [5, 5.41) is 12.1. The summed E-state index contributed by atoms with van der Waals surface area (Å²) < 4.78 is 0. The molecule has 1 heterocycles. The highest BCUT2D eigenvalue weighted by molar-refractivity contribution is 5.75. The summed E-state index contributed by atoms with van der Waals surface area (Å²) in [4.78, 5) is 18.0. The van der Waals surface area contributed by atoms with E-state index in [0.29, 0.717) is 0 Å². The highest BCUT2D eigenvalue weighted by atomic mass is 16.4. The van der Waals surface area contributed by atoms with Crippen LogP contribution in [0.1, 0.15) is 24.9 Å². The number of benzene rings is 1. The third-order valence-electron chi connectivity index (χ3n) is 3.18. The number of aromatic nitrogens is 2. The average molecular weight is 247 g/mol. The normalized spacial score (nSPS) is 14.6. The molecule has 5 nitrogen and oxygen atoms in total. The second-order valence-electron chi connectivity index (χ2n) is 4.52. The molecule has 2 rings (SSSR count). The summed E-state index contributed by atoms with van der Waals surface area (Å²) >= 11 is 0. The van der Waals surface area contributed by atoms with E-state index in [1.54, 1.807) is 6.33 Å². The Morgan fingerprint density at radius 1 is 1.56 bits per heavy atom. The first-order valence-corrected chi connectivity index (χ1v) is 5.94. The largest absolute Gasteiger partial charge is 0.481 e. The monoisotopic (exact) mass is 247 g/mol. The first-order valence-electron chi connectivity index (χ1n) is 5.94. The van der Waals surface area contributed by atoms with Crippen molar-refractivity contribution in [3.05, 3.63) is 30.1 Å². The second-order valence-corrected chi connectivity index (χ2v) is 4.52. The lowest BCUT2D eigenvalue weighted by molar-refractivity contribution is -0.138. The quantitative estimate of drug-likeness (QED) is 0.754. The van der Waals surface area contributed by atoms with Gasteiger partial charge in [0.25, 0.3) is 0 Å². The van der Waals surface area contributed by atoms with Gasteiger partial charge in [0.1, 0.15) is 0 Å². The molecular weight excluding hydrogens is 230 g/mol. The number of nitrogens with one attached hydrogen (secondary N) is 2. The van der Waals surface area contributed by atoms with Crippen molar-refractivity contribution in [1.29, 1.82) is 0 Å². The molecule has 1 aromatic heterocycles. The maximum absolute atomic E-state index is 10.8. The number of carbonyl (C=O) groups is 1. The summed E-state index contributed by atoms with van der Waals surface area (Å²) in [6.07, 6.45) is 1.80. The van der Waals surface area contributed by atoms with Crippen molar-refractivity contribution in [3.63, 3.8) is 0 Å². The Morgan fingerprint density at radius 2 is 2.33 bits per heavy atom. The van der Waals surface area contributed by atoms with Crippen LogP contribution in [-0.2, 0) is 4.79 Å². The van der Waals surface area contributed by atoms with Gasteiger partial charge in [0.05, 0.1) is 17.4 Å². The predicted molar refractivity (Wildman–Crippen MR) is 69.3 cm³/mol. The molecule has 2 unspecified atom stereocenters. The van der Waals surface area contributed by atoms with Gasteiger partial charge in [0.15, 0.2) is 0 Å². The molecule has 3 N–H and O–H groups in total. The van der Waals surface area contributed by atoms with Crippen LogP contribution < -0.4 is 5.32 Å². The van der Waals surface area contributed by atoms with Gasteiger partial charge < -0.3 is 15.4 Å². The molecule has 18 heavy (non-hydrogen) atoms. The summed E-state index contributed by atoms with van der Waals surface area (Å²) in [5.41, 5.74) is 2.96. The van der Waals surface area contributed by atoms with E-state index in [1.165, 1.54) is 0 Å². The Morgan fingerprint density at radius 3 is 3.00 bits per heavy atom. The van der Waals surface area contributed by atoms with Crippen molar-refractivity contribution in [3.8, 4) is 0 Å². The van der Waals surface area contributed by atoms with Crippen LogP contribution >= 0.6 is 0 Å². The van der Waals surface area contributed by atoms with E-state index in [4.69, 9.17) is 5.11 Å². The fraction of sp³-hybridized carbons (Fsp3) is 0.385. The first-order chi connectivity index (χ1) is 8.61. The van der Waals surface area contributed by atoms with E-state index in [1.807, 2.05) is 32.2 Å². The lowest BCUT2D eigenvalue weighted by atomic mass is 9.92. The zero-order chi connectivity index (χ0) is 13.1. The van der Waals surface area contributed by atoms with E-state index >= 15 is 0 Å². The van der Waals surface area contributed by atoms with E-state index in [0.717, 1.165) is 16.6 Å². The van der Waals surface area contributed by atoms with Crippen molar-refractivity contribution in [1.82, 2.24) is 15.3 Å². The maximum atomic E-state index is 10.8. The van der Waals surface area contributed by atoms with Crippen LogP contribution in [0.25, 0.3) is 11.0 Å². The van der Waals surface area contributed by atoms with E-state index in [2.05, 4.69) is 15.3 Å². The number of H-pyrrole nitrogens is 1. The molecule has 0 aliphatic heterocycles. The Balaban J connectivity index is 2.28. The van der Waals surface area contributed by atoms with Crippen molar-refractivity contribution < 1.29 is 9.90 Å². The number of nitrogens with zero attached hydrogens (tertiary/aromatic N) is 1. The Bertz CT molecular complexity index is 550. The smallest absolute Gasteiger partial charge is 0.303 e. The lowest BCUT2D eigenvalue weighted by Gasteiger charge is -2.22. The molecule has 1 aromatic carbocycles. The SMILES string of the molecule is CNC(c1ccc2nc[nH]c2c1)C(C)CC(=O)O. The zero-order valence-corrected chi connectivity index (χ0v) is 10.5. The van der Waals surface area contributed by atoms with Crippen LogP contribution in [0.3, 0.4) is 0 Å². The molecular formula is C13H17N3O2. The number of carboxylic acids is 1. The highest BCUT2D eigenvalue weighted by Gasteiger charge is 2.20. The fourth-order valence-corrected chi connectivity index (χ4v) is 2.32.